The molecule has 0 atom stereocenters. The molecule has 0 aliphatic carbocycles. The second-order valence-corrected chi connectivity index (χ2v) is 3.64. The number of benzene rings is 1. The van der Waals surface area contributed by atoms with Gasteiger partial charge in [0.1, 0.15) is 5.82 Å². The SMILES string of the molecule is COC(OC)c1ccc(F)c(I)c1. The molecule has 1 aromatic carbocycles. The second kappa shape index (κ2) is 4.88. The molecule has 0 saturated carbocycles. The van der Waals surface area contributed by atoms with Crippen LogP contribution in [0.4, 0.5) is 4.39 Å². The van der Waals surface area contributed by atoms with E-state index in [1.54, 1.807) is 26.4 Å². The maximum absolute atomic E-state index is 12.9. The zero-order valence-corrected chi connectivity index (χ0v) is 9.54. The summed E-state index contributed by atoms with van der Waals surface area (Å²) in [7, 11) is 3.09. The van der Waals surface area contributed by atoms with Crippen molar-refractivity contribution in [2.75, 3.05) is 14.2 Å². The van der Waals surface area contributed by atoms with Gasteiger partial charge in [0, 0.05) is 23.4 Å². The van der Waals surface area contributed by atoms with Crippen molar-refractivity contribution < 1.29 is 13.9 Å². The first-order valence-corrected chi connectivity index (χ1v) is 4.77. The third kappa shape index (κ3) is 2.62. The molecule has 0 radical (unpaired) electrons. The van der Waals surface area contributed by atoms with Crippen molar-refractivity contribution >= 4 is 22.6 Å². The number of halogens is 2. The lowest BCUT2D eigenvalue weighted by Crippen LogP contribution is -2.04. The van der Waals surface area contributed by atoms with E-state index in [-0.39, 0.29) is 5.82 Å². The predicted octanol–water partition coefficient (Wildman–Crippen LogP) is 2.72. The van der Waals surface area contributed by atoms with E-state index in [0.717, 1.165) is 5.56 Å². The third-order valence-electron chi connectivity index (χ3n) is 1.64. The summed E-state index contributed by atoms with van der Waals surface area (Å²) in [6.07, 6.45) is -0.422. The molecular formula is C9H10FIO2. The fourth-order valence-electron chi connectivity index (χ4n) is 1.03. The number of rotatable bonds is 3. The van der Waals surface area contributed by atoms with Gasteiger partial charge in [0.05, 0.1) is 0 Å². The van der Waals surface area contributed by atoms with Gasteiger partial charge >= 0.3 is 0 Å². The van der Waals surface area contributed by atoms with E-state index in [9.17, 15) is 4.39 Å². The van der Waals surface area contributed by atoms with Crippen molar-refractivity contribution in [2.24, 2.45) is 0 Å². The van der Waals surface area contributed by atoms with Gasteiger partial charge in [0.25, 0.3) is 0 Å². The van der Waals surface area contributed by atoms with E-state index in [0.29, 0.717) is 3.57 Å². The number of ether oxygens (including phenoxy) is 2. The molecule has 0 amide bonds. The summed E-state index contributed by atoms with van der Waals surface area (Å²) in [5.41, 5.74) is 0.816. The Balaban J connectivity index is 2.95. The molecule has 72 valence electrons. The molecule has 0 bridgehead atoms. The molecule has 0 heterocycles. The Bertz CT molecular complexity index is 287. The molecule has 0 aliphatic heterocycles. The fourth-order valence-corrected chi connectivity index (χ4v) is 1.57. The van der Waals surface area contributed by atoms with Crippen LogP contribution in [0.2, 0.25) is 0 Å². The smallest absolute Gasteiger partial charge is 0.183 e. The molecule has 0 N–H and O–H groups in total. The van der Waals surface area contributed by atoms with Crippen molar-refractivity contribution in [3.05, 3.63) is 33.1 Å². The highest BCUT2D eigenvalue weighted by molar-refractivity contribution is 14.1. The second-order valence-electron chi connectivity index (χ2n) is 2.48. The minimum Gasteiger partial charge on any atom is -0.352 e. The Morgan fingerprint density at radius 3 is 2.38 bits per heavy atom. The van der Waals surface area contributed by atoms with Crippen LogP contribution in [-0.2, 0) is 9.47 Å². The van der Waals surface area contributed by atoms with Crippen molar-refractivity contribution in [1.82, 2.24) is 0 Å². The van der Waals surface area contributed by atoms with Crippen molar-refractivity contribution in [3.8, 4) is 0 Å². The lowest BCUT2D eigenvalue weighted by Gasteiger charge is -2.13. The molecule has 1 rings (SSSR count). The van der Waals surface area contributed by atoms with Gasteiger partial charge < -0.3 is 9.47 Å². The third-order valence-corrected chi connectivity index (χ3v) is 2.47. The maximum atomic E-state index is 12.9. The Morgan fingerprint density at radius 1 is 1.31 bits per heavy atom. The molecule has 1 aromatic rings. The van der Waals surface area contributed by atoms with Crippen LogP contribution in [-0.4, -0.2) is 14.2 Å². The Morgan fingerprint density at radius 2 is 1.92 bits per heavy atom. The van der Waals surface area contributed by atoms with E-state index in [4.69, 9.17) is 9.47 Å². The topological polar surface area (TPSA) is 18.5 Å². The monoisotopic (exact) mass is 296 g/mol. The summed E-state index contributed by atoms with van der Waals surface area (Å²) >= 11 is 1.93. The normalized spacial score (nSPS) is 10.8. The molecule has 0 fully saturated rings. The first-order chi connectivity index (χ1) is 6.19. The Labute approximate surface area is 90.2 Å². The highest BCUT2D eigenvalue weighted by Gasteiger charge is 2.10. The van der Waals surface area contributed by atoms with Crippen LogP contribution in [0.5, 0.6) is 0 Å². The molecule has 4 heteroatoms. The number of methoxy groups -OCH3 is 2. The molecule has 0 unspecified atom stereocenters. The van der Waals surface area contributed by atoms with E-state index in [1.165, 1.54) is 6.07 Å². The van der Waals surface area contributed by atoms with Gasteiger partial charge in [-0.3, -0.25) is 0 Å². The molecule has 13 heavy (non-hydrogen) atoms. The molecule has 0 spiro atoms. The fraction of sp³-hybridized carbons (Fsp3) is 0.333. The first-order valence-electron chi connectivity index (χ1n) is 3.69. The highest BCUT2D eigenvalue weighted by atomic mass is 127. The summed E-state index contributed by atoms with van der Waals surface area (Å²) in [4.78, 5) is 0. The minimum atomic E-state index is -0.422. The quantitative estimate of drug-likeness (QED) is 0.631. The minimum absolute atomic E-state index is 0.227. The van der Waals surface area contributed by atoms with Crippen LogP contribution in [0.15, 0.2) is 18.2 Å². The summed E-state index contributed by atoms with van der Waals surface area (Å²) in [6.45, 7) is 0. The molecule has 2 nitrogen and oxygen atoms in total. The zero-order valence-electron chi connectivity index (χ0n) is 7.38. The zero-order chi connectivity index (χ0) is 9.84. The van der Waals surface area contributed by atoms with Crippen molar-refractivity contribution in [1.29, 1.82) is 0 Å². The van der Waals surface area contributed by atoms with Gasteiger partial charge in [-0.25, -0.2) is 4.39 Å². The van der Waals surface area contributed by atoms with Crippen LogP contribution in [0, 0.1) is 9.39 Å². The van der Waals surface area contributed by atoms with Gasteiger partial charge in [-0.05, 0) is 34.7 Å². The van der Waals surface area contributed by atoms with Crippen molar-refractivity contribution in [2.45, 2.75) is 6.29 Å². The van der Waals surface area contributed by atoms with Crippen LogP contribution < -0.4 is 0 Å². The molecular weight excluding hydrogens is 286 g/mol. The summed E-state index contributed by atoms with van der Waals surface area (Å²) in [6, 6.07) is 4.75. The summed E-state index contributed by atoms with van der Waals surface area (Å²) < 4.78 is 23.5. The molecule has 0 aromatic heterocycles. The average Bonchev–Trinajstić information content (AvgIpc) is 2.13. The standard InChI is InChI=1S/C9H10FIO2/c1-12-9(13-2)6-3-4-7(10)8(11)5-6/h3-5,9H,1-2H3. The highest BCUT2D eigenvalue weighted by Crippen LogP contribution is 2.21. The largest absolute Gasteiger partial charge is 0.352 e. The molecule has 0 aliphatic rings. The lowest BCUT2D eigenvalue weighted by molar-refractivity contribution is -0.106. The maximum Gasteiger partial charge on any atom is 0.183 e. The number of hydrogen-bond donors (Lipinski definition) is 0. The molecule has 0 saturated heterocycles. The van der Waals surface area contributed by atoms with E-state index in [2.05, 4.69) is 0 Å². The van der Waals surface area contributed by atoms with Gasteiger partial charge in [0.15, 0.2) is 6.29 Å². The van der Waals surface area contributed by atoms with E-state index in [1.807, 2.05) is 22.6 Å². The Kier molecular flexibility index (Phi) is 4.08. The Hall–Kier alpha value is -0.200. The summed E-state index contributed by atoms with van der Waals surface area (Å²) in [5.74, 6) is -0.227. The predicted molar refractivity (Wildman–Crippen MR) is 55.9 cm³/mol. The average molecular weight is 296 g/mol. The van der Waals surface area contributed by atoms with Crippen LogP contribution in [0.3, 0.4) is 0 Å². The van der Waals surface area contributed by atoms with Gasteiger partial charge in [-0.15, -0.1) is 0 Å². The van der Waals surface area contributed by atoms with E-state index < -0.39 is 6.29 Å². The van der Waals surface area contributed by atoms with Crippen LogP contribution in [0.25, 0.3) is 0 Å². The lowest BCUT2D eigenvalue weighted by atomic mass is 10.2. The first kappa shape index (κ1) is 10.9. The van der Waals surface area contributed by atoms with Gasteiger partial charge in [-0.2, -0.15) is 0 Å². The van der Waals surface area contributed by atoms with Gasteiger partial charge in [-0.1, -0.05) is 6.07 Å². The van der Waals surface area contributed by atoms with Crippen LogP contribution >= 0.6 is 22.6 Å². The van der Waals surface area contributed by atoms with Gasteiger partial charge in [0.2, 0.25) is 0 Å². The van der Waals surface area contributed by atoms with E-state index >= 15 is 0 Å². The summed E-state index contributed by atoms with van der Waals surface area (Å²) in [5, 5.41) is 0. The van der Waals surface area contributed by atoms with Crippen molar-refractivity contribution in [3.63, 3.8) is 0 Å². The van der Waals surface area contributed by atoms with Crippen LogP contribution in [0.1, 0.15) is 11.9 Å². The number of hydrogen-bond acceptors (Lipinski definition) is 2.